The highest BCUT2D eigenvalue weighted by atomic mass is 16.3. The van der Waals surface area contributed by atoms with Crippen molar-refractivity contribution in [3.05, 3.63) is 0 Å². The molecule has 2 fully saturated rings. The van der Waals surface area contributed by atoms with E-state index in [-0.39, 0.29) is 13.2 Å². The summed E-state index contributed by atoms with van der Waals surface area (Å²) in [6, 6.07) is 0. The van der Waals surface area contributed by atoms with Gasteiger partial charge in [-0.05, 0) is 42.9 Å². The van der Waals surface area contributed by atoms with Crippen LogP contribution in [0.1, 0.15) is 19.3 Å². The maximum absolute atomic E-state index is 9.08. The summed E-state index contributed by atoms with van der Waals surface area (Å²) in [4.78, 5) is 0. The van der Waals surface area contributed by atoms with Gasteiger partial charge in [-0.15, -0.1) is 0 Å². The van der Waals surface area contributed by atoms with E-state index in [0.29, 0.717) is 11.8 Å². The zero-order chi connectivity index (χ0) is 7.84. The molecular weight excluding hydrogens is 140 g/mol. The summed E-state index contributed by atoms with van der Waals surface area (Å²) in [5.41, 5.74) is 0. The molecule has 2 heteroatoms. The van der Waals surface area contributed by atoms with E-state index in [1.165, 1.54) is 19.3 Å². The zero-order valence-corrected chi connectivity index (χ0v) is 6.74. The third-order valence-electron chi connectivity index (χ3n) is 3.70. The molecule has 0 unspecified atom stereocenters. The summed E-state index contributed by atoms with van der Waals surface area (Å²) in [6.45, 7) is 0.568. The Hall–Kier alpha value is -0.0800. The third-order valence-corrected chi connectivity index (χ3v) is 3.70. The van der Waals surface area contributed by atoms with Gasteiger partial charge in [-0.3, -0.25) is 0 Å². The van der Waals surface area contributed by atoms with Crippen molar-refractivity contribution in [2.24, 2.45) is 23.7 Å². The molecule has 4 atom stereocenters. The minimum atomic E-state index is 0.284. The van der Waals surface area contributed by atoms with Crippen LogP contribution in [0.3, 0.4) is 0 Å². The van der Waals surface area contributed by atoms with Crippen LogP contribution >= 0.6 is 0 Å². The van der Waals surface area contributed by atoms with Crippen molar-refractivity contribution in [1.82, 2.24) is 0 Å². The van der Waals surface area contributed by atoms with Crippen molar-refractivity contribution in [1.29, 1.82) is 0 Å². The molecule has 2 aliphatic carbocycles. The lowest BCUT2D eigenvalue weighted by atomic mass is 9.80. The summed E-state index contributed by atoms with van der Waals surface area (Å²) in [7, 11) is 0. The quantitative estimate of drug-likeness (QED) is 0.615. The summed E-state index contributed by atoms with van der Waals surface area (Å²) < 4.78 is 0. The molecule has 11 heavy (non-hydrogen) atoms. The third kappa shape index (κ3) is 1.00. The van der Waals surface area contributed by atoms with Gasteiger partial charge in [0.05, 0.1) is 0 Å². The Bertz CT molecular complexity index is 130. The van der Waals surface area contributed by atoms with Crippen molar-refractivity contribution in [2.45, 2.75) is 19.3 Å². The van der Waals surface area contributed by atoms with Crippen molar-refractivity contribution in [3.63, 3.8) is 0 Å². The van der Waals surface area contributed by atoms with Gasteiger partial charge in [0.2, 0.25) is 0 Å². The smallest absolute Gasteiger partial charge is 0.0465 e. The second-order valence-corrected chi connectivity index (χ2v) is 4.03. The molecule has 2 nitrogen and oxygen atoms in total. The molecule has 0 saturated heterocycles. The Morgan fingerprint density at radius 2 is 1.36 bits per heavy atom. The molecule has 0 spiro atoms. The van der Waals surface area contributed by atoms with Crippen LogP contribution in [-0.4, -0.2) is 23.4 Å². The van der Waals surface area contributed by atoms with Crippen molar-refractivity contribution >= 4 is 0 Å². The first kappa shape index (κ1) is 7.56. The fraction of sp³-hybridized carbons (Fsp3) is 1.00. The summed E-state index contributed by atoms with van der Waals surface area (Å²) in [6.07, 6.45) is 3.83. The number of fused-ring (bicyclic) bond motifs is 2. The second-order valence-electron chi connectivity index (χ2n) is 4.03. The van der Waals surface area contributed by atoms with Gasteiger partial charge in [0, 0.05) is 13.2 Å². The second kappa shape index (κ2) is 2.76. The highest BCUT2D eigenvalue weighted by Gasteiger charge is 2.46. The molecule has 0 aromatic rings. The molecule has 2 rings (SSSR count). The fourth-order valence-corrected chi connectivity index (χ4v) is 3.10. The van der Waals surface area contributed by atoms with Crippen LogP contribution in [-0.2, 0) is 0 Å². The first-order valence-corrected chi connectivity index (χ1v) is 4.58. The zero-order valence-electron chi connectivity index (χ0n) is 6.74. The molecule has 0 radical (unpaired) electrons. The van der Waals surface area contributed by atoms with Gasteiger partial charge in [-0.2, -0.15) is 0 Å². The van der Waals surface area contributed by atoms with Crippen LogP contribution in [0.15, 0.2) is 0 Å². The molecule has 2 saturated carbocycles. The predicted octanol–water partition coefficient (Wildman–Crippen LogP) is 0.633. The Morgan fingerprint density at radius 1 is 0.909 bits per heavy atom. The van der Waals surface area contributed by atoms with Crippen LogP contribution in [0.5, 0.6) is 0 Å². The lowest BCUT2D eigenvalue weighted by Crippen LogP contribution is -2.27. The first-order valence-electron chi connectivity index (χ1n) is 4.58. The van der Waals surface area contributed by atoms with Crippen LogP contribution in [0, 0.1) is 23.7 Å². The van der Waals surface area contributed by atoms with Gasteiger partial charge in [0.25, 0.3) is 0 Å². The molecule has 2 aliphatic rings. The molecule has 2 N–H and O–H groups in total. The Balaban J connectivity index is 2.08. The lowest BCUT2D eigenvalue weighted by Gasteiger charge is -2.27. The molecule has 0 heterocycles. The normalized spacial score (nSPS) is 48.5. The van der Waals surface area contributed by atoms with Gasteiger partial charge in [0.1, 0.15) is 0 Å². The average Bonchev–Trinajstić information content (AvgIpc) is 2.60. The Kier molecular flexibility index (Phi) is 1.90. The van der Waals surface area contributed by atoms with Crippen molar-refractivity contribution < 1.29 is 10.2 Å². The number of hydrogen-bond acceptors (Lipinski definition) is 2. The number of hydrogen-bond donors (Lipinski definition) is 2. The molecular formula is C9H16O2. The summed E-state index contributed by atoms with van der Waals surface area (Å²) >= 11 is 0. The van der Waals surface area contributed by atoms with Crippen molar-refractivity contribution in [3.8, 4) is 0 Å². The van der Waals surface area contributed by atoms with Gasteiger partial charge in [-0.25, -0.2) is 0 Å². The average molecular weight is 156 g/mol. The van der Waals surface area contributed by atoms with E-state index in [1.807, 2.05) is 0 Å². The minimum Gasteiger partial charge on any atom is -0.396 e. The van der Waals surface area contributed by atoms with E-state index >= 15 is 0 Å². The van der Waals surface area contributed by atoms with Gasteiger partial charge < -0.3 is 10.2 Å². The predicted molar refractivity (Wildman–Crippen MR) is 42.0 cm³/mol. The molecule has 2 bridgehead atoms. The largest absolute Gasteiger partial charge is 0.396 e. The highest BCUT2D eigenvalue weighted by molar-refractivity contribution is 4.95. The molecule has 0 aromatic heterocycles. The maximum atomic E-state index is 9.08. The van der Waals surface area contributed by atoms with E-state index in [9.17, 15) is 0 Å². The topological polar surface area (TPSA) is 40.5 Å². The van der Waals surface area contributed by atoms with Crippen LogP contribution in [0.4, 0.5) is 0 Å². The lowest BCUT2D eigenvalue weighted by molar-refractivity contribution is 0.0791. The van der Waals surface area contributed by atoms with Crippen LogP contribution < -0.4 is 0 Å². The maximum Gasteiger partial charge on any atom is 0.0465 e. The summed E-state index contributed by atoms with van der Waals surface area (Å²) in [5.74, 6) is 2.28. The monoisotopic (exact) mass is 156 g/mol. The van der Waals surface area contributed by atoms with Crippen LogP contribution in [0.25, 0.3) is 0 Å². The number of rotatable bonds is 2. The van der Waals surface area contributed by atoms with E-state index in [4.69, 9.17) is 10.2 Å². The molecule has 64 valence electrons. The minimum absolute atomic E-state index is 0.284. The molecule has 0 aliphatic heterocycles. The Morgan fingerprint density at radius 3 is 1.73 bits per heavy atom. The van der Waals surface area contributed by atoms with E-state index in [2.05, 4.69) is 0 Å². The van der Waals surface area contributed by atoms with Crippen LogP contribution in [0.2, 0.25) is 0 Å². The molecule has 0 aromatic carbocycles. The fourth-order valence-electron chi connectivity index (χ4n) is 3.10. The number of aliphatic hydroxyl groups is 2. The Labute approximate surface area is 67.2 Å². The van der Waals surface area contributed by atoms with E-state index in [0.717, 1.165) is 11.8 Å². The highest BCUT2D eigenvalue weighted by Crippen LogP contribution is 2.51. The van der Waals surface area contributed by atoms with E-state index < -0.39 is 0 Å². The first-order chi connectivity index (χ1) is 5.36. The molecule has 0 amide bonds. The number of aliphatic hydroxyl groups excluding tert-OH is 2. The van der Waals surface area contributed by atoms with Gasteiger partial charge >= 0.3 is 0 Å². The van der Waals surface area contributed by atoms with Gasteiger partial charge in [0.15, 0.2) is 0 Å². The van der Waals surface area contributed by atoms with Crippen molar-refractivity contribution in [2.75, 3.05) is 13.2 Å². The SMILES string of the molecule is OC[C@@H]1[C@@H]2CC[C@H](C2)[C@H]1CO. The van der Waals surface area contributed by atoms with E-state index in [1.54, 1.807) is 0 Å². The summed E-state index contributed by atoms with van der Waals surface area (Å²) in [5, 5.41) is 18.2. The standard InChI is InChI=1S/C9H16O2/c10-4-8-6-1-2-7(3-6)9(8)5-11/h6-11H,1-5H2/t6-,7-,8-,9-/m1/s1. The van der Waals surface area contributed by atoms with Gasteiger partial charge in [-0.1, -0.05) is 0 Å².